The Kier molecular flexibility index (Phi) is 2.48. The predicted molar refractivity (Wildman–Crippen MR) is 60.5 cm³/mol. The number of likely N-dealkylation sites (N-methyl/N-ethyl adjacent to an activating group) is 1. The van der Waals surface area contributed by atoms with E-state index in [4.69, 9.17) is 0 Å². The minimum absolute atomic E-state index is 0.300. The number of hydrogen-bond donors (Lipinski definition) is 1. The van der Waals surface area contributed by atoms with Crippen molar-refractivity contribution in [1.29, 1.82) is 0 Å². The zero-order valence-electron chi connectivity index (χ0n) is 9.15. The first-order valence-electron chi connectivity index (χ1n) is 4.95. The number of urea groups is 1. The van der Waals surface area contributed by atoms with Crippen LogP contribution in [-0.4, -0.2) is 23.9 Å². The molecule has 0 unspecified atom stereocenters. The van der Waals surface area contributed by atoms with Crippen molar-refractivity contribution in [3.05, 3.63) is 41.1 Å². The minimum atomic E-state index is -0.386. The van der Waals surface area contributed by atoms with Gasteiger partial charge in [-0.25, -0.2) is 4.79 Å². The van der Waals surface area contributed by atoms with E-state index in [1.807, 2.05) is 31.2 Å². The molecule has 4 nitrogen and oxygen atoms in total. The molecule has 3 amide bonds. The van der Waals surface area contributed by atoms with Crippen LogP contribution in [0.1, 0.15) is 11.1 Å². The smallest absolute Gasteiger partial charge is 0.303 e. The Morgan fingerprint density at radius 3 is 2.31 bits per heavy atom. The quantitative estimate of drug-likeness (QED) is 0.571. The van der Waals surface area contributed by atoms with Crippen molar-refractivity contribution in [2.75, 3.05) is 7.05 Å². The third-order valence-corrected chi connectivity index (χ3v) is 2.47. The van der Waals surface area contributed by atoms with Gasteiger partial charge in [-0.15, -0.1) is 0 Å². The van der Waals surface area contributed by atoms with Gasteiger partial charge in [0.25, 0.3) is 5.91 Å². The van der Waals surface area contributed by atoms with E-state index in [0.717, 1.165) is 16.0 Å². The Morgan fingerprint density at radius 2 is 1.81 bits per heavy atom. The number of hydrogen-bond acceptors (Lipinski definition) is 2. The summed E-state index contributed by atoms with van der Waals surface area (Å²) in [6.07, 6.45) is 1.67. The highest BCUT2D eigenvalue weighted by atomic mass is 16.2. The number of carbonyl (C=O) groups is 2. The summed E-state index contributed by atoms with van der Waals surface area (Å²) in [5, 5.41) is 2.52. The van der Waals surface area contributed by atoms with Crippen LogP contribution in [-0.2, 0) is 4.79 Å². The van der Waals surface area contributed by atoms with Crippen molar-refractivity contribution in [1.82, 2.24) is 10.2 Å². The van der Waals surface area contributed by atoms with E-state index < -0.39 is 0 Å². The van der Waals surface area contributed by atoms with E-state index in [1.165, 1.54) is 7.05 Å². The lowest BCUT2D eigenvalue weighted by molar-refractivity contribution is -0.121. The molecule has 0 atom stereocenters. The van der Waals surface area contributed by atoms with Gasteiger partial charge in [0.2, 0.25) is 0 Å². The lowest BCUT2D eigenvalue weighted by Gasteiger charge is -1.99. The Balaban J connectivity index is 2.29. The summed E-state index contributed by atoms with van der Waals surface area (Å²) >= 11 is 0. The number of nitrogens with zero attached hydrogens (tertiary/aromatic N) is 1. The molecule has 2 rings (SSSR count). The minimum Gasteiger partial charge on any atom is -0.303 e. The van der Waals surface area contributed by atoms with E-state index in [-0.39, 0.29) is 11.9 Å². The molecule has 0 aliphatic carbocycles. The second-order valence-corrected chi connectivity index (χ2v) is 3.76. The number of benzene rings is 1. The van der Waals surface area contributed by atoms with Crippen molar-refractivity contribution in [3.63, 3.8) is 0 Å². The monoisotopic (exact) mass is 216 g/mol. The maximum atomic E-state index is 11.6. The number of imide groups is 1. The number of amides is 3. The molecule has 1 heterocycles. The molecule has 1 aliphatic heterocycles. The summed E-state index contributed by atoms with van der Waals surface area (Å²) in [6, 6.07) is 7.33. The van der Waals surface area contributed by atoms with Crippen LogP contribution in [0.3, 0.4) is 0 Å². The van der Waals surface area contributed by atoms with Crippen molar-refractivity contribution in [2.24, 2.45) is 0 Å². The van der Waals surface area contributed by atoms with Crippen LogP contribution in [0.4, 0.5) is 4.79 Å². The van der Waals surface area contributed by atoms with Gasteiger partial charge >= 0.3 is 6.03 Å². The zero-order valence-corrected chi connectivity index (χ0v) is 9.15. The number of carbonyl (C=O) groups excluding carboxylic acids is 2. The topological polar surface area (TPSA) is 49.4 Å². The molecule has 0 aromatic heterocycles. The molecular weight excluding hydrogens is 204 g/mol. The maximum absolute atomic E-state index is 11.6. The standard InChI is InChI=1S/C12H12N2O2/c1-8-3-5-9(6-4-8)7-10-11(15)14(2)12(16)13-10/h3-7H,1-2H3,(H,13,16)/b10-7-. The van der Waals surface area contributed by atoms with Crippen LogP contribution in [0, 0.1) is 6.92 Å². The molecule has 1 aromatic rings. The Bertz CT molecular complexity index is 474. The van der Waals surface area contributed by atoms with Gasteiger partial charge in [-0.3, -0.25) is 9.69 Å². The summed E-state index contributed by atoms with van der Waals surface area (Å²) < 4.78 is 0. The van der Waals surface area contributed by atoms with Crippen molar-refractivity contribution < 1.29 is 9.59 Å². The van der Waals surface area contributed by atoms with Crippen LogP contribution in [0.5, 0.6) is 0 Å². The van der Waals surface area contributed by atoms with Gasteiger partial charge in [0.1, 0.15) is 5.70 Å². The zero-order chi connectivity index (χ0) is 11.7. The molecule has 0 bridgehead atoms. The molecule has 16 heavy (non-hydrogen) atoms. The van der Waals surface area contributed by atoms with E-state index in [9.17, 15) is 9.59 Å². The van der Waals surface area contributed by atoms with Crippen molar-refractivity contribution in [3.8, 4) is 0 Å². The fourth-order valence-corrected chi connectivity index (χ4v) is 1.45. The summed E-state index contributed by atoms with van der Waals surface area (Å²) in [5.74, 6) is -0.300. The highest BCUT2D eigenvalue weighted by molar-refractivity contribution is 6.13. The lowest BCUT2D eigenvalue weighted by atomic mass is 10.1. The van der Waals surface area contributed by atoms with E-state index >= 15 is 0 Å². The van der Waals surface area contributed by atoms with Gasteiger partial charge < -0.3 is 5.32 Å². The Labute approximate surface area is 93.6 Å². The van der Waals surface area contributed by atoms with Crippen molar-refractivity contribution in [2.45, 2.75) is 6.92 Å². The molecular formula is C12H12N2O2. The Hall–Kier alpha value is -2.10. The molecule has 0 saturated carbocycles. The molecule has 4 heteroatoms. The molecule has 1 aliphatic rings. The number of nitrogens with one attached hydrogen (secondary N) is 1. The molecule has 1 fully saturated rings. The first kappa shape index (κ1) is 10.4. The first-order valence-corrected chi connectivity index (χ1v) is 4.95. The molecule has 1 saturated heterocycles. The van der Waals surface area contributed by atoms with Crippen molar-refractivity contribution >= 4 is 18.0 Å². The molecule has 82 valence electrons. The van der Waals surface area contributed by atoms with Crippen LogP contribution < -0.4 is 5.32 Å². The van der Waals surface area contributed by atoms with Gasteiger partial charge in [-0.05, 0) is 18.6 Å². The highest BCUT2D eigenvalue weighted by Gasteiger charge is 2.29. The average Bonchev–Trinajstić information content (AvgIpc) is 2.50. The van der Waals surface area contributed by atoms with Gasteiger partial charge in [0, 0.05) is 7.05 Å². The van der Waals surface area contributed by atoms with Crippen LogP contribution in [0.15, 0.2) is 30.0 Å². The highest BCUT2D eigenvalue weighted by Crippen LogP contribution is 2.12. The predicted octanol–water partition coefficient (Wildman–Crippen LogP) is 1.52. The summed E-state index contributed by atoms with van der Waals surface area (Å²) in [4.78, 5) is 23.8. The van der Waals surface area contributed by atoms with Crippen LogP contribution in [0.25, 0.3) is 6.08 Å². The van der Waals surface area contributed by atoms with Crippen LogP contribution >= 0.6 is 0 Å². The normalized spacial score (nSPS) is 18.1. The fraction of sp³-hybridized carbons (Fsp3) is 0.167. The molecule has 0 spiro atoms. The van der Waals surface area contributed by atoms with Gasteiger partial charge in [-0.2, -0.15) is 0 Å². The lowest BCUT2D eigenvalue weighted by Crippen LogP contribution is -2.25. The summed E-state index contributed by atoms with van der Waals surface area (Å²) in [7, 11) is 1.45. The number of aryl methyl sites for hydroxylation is 1. The average molecular weight is 216 g/mol. The summed E-state index contributed by atoms with van der Waals surface area (Å²) in [6.45, 7) is 1.99. The van der Waals surface area contributed by atoms with E-state index in [1.54, 1.807) is 6.08 Å². The van der Waals surface area contributed by atoms with E-state index in [2.05, 4.69) is 5.32 Å². The molecule has 1 N–H and O–H groups in total. The third-order valence-electron chi connectivity index (χ3n) is 2.47. The second-order valence-electron chi connectivity index (χ2n) is 3.76. The van der Waals surface area contributed by atoms with E-state index in [0.29, 0.717) is 5.70 Å². The van der Waals surface area contributed by atoms with Gasteiger partial charge in [0.05, 0.1) is 0 Å². The second kappa shape index (κ2) is 3.81. The van der Waals surface area contributed by atoms with Gasteiger partial charge in [0.15, 0.2) is 0 Å². The maximum Gasteiger partial charge on any atom is 0.328 e. The number of rotatable bonds is 1. The molecule has 0 radical (unpaired) electrons. The fourth-order valence-electron chi connectivity index (χ4n) is 1.45. The molecule has 1 aromatic carbocycles. The first-order chi connectivity index (χ1) is 7.58. The van der Waals surface area contributed by atoms with Crippen LogP contribution in [0.2, 0.25) is 0 Å². The summed E-state index contributed by atoms with van der Waals surface area (Å²) in [5.41, 5.74) is 2.36. The Morgan fingerprint density at radius 1 is 1.19 bits per heavy atom. The third kappa shape index (κ3) is 1.82. The van der Waals surface area contributed by atoms with Gasteiger partial charge in [-0.1, -0.05) is 29.8 Å². The SMILES string of the molecule is Cc1ccc(/C=C2\NC(=O)N(C)C2=O)cc1. The largest absolute Gasteiger partial charge is 0.328 e.